The van der Waals surface area contributed by atoms with Crippen molar-refractivity contribution in [2.75, 3.05) is 42.9 Å². The molecule has 3 rings (SSSR count). The zero-order valence-electron chi connectivity index (χ0n) is 15.4. The van der Waals surface area contributed by atoms with Gasteiger partial charge in [-0.2, -0.15) is 0 Å². The molecule has 132 valence electrons. The van der Waals surface area contributed by atoms with E-state index in [2.05, 4.69) is 61.3 Å². The number of amides is 1. The van der Waals surface area contributed by atoms with Crippen molar-refractivity contribution in [2.45, 2.75) is 20.8 Å². The van der Waals surface area contributed by atoms with Crippen LogP contribution in [0, 0.1) is 20.8 Å². The molecule has 2 aromatic carbocycles. The van der Waals surface area contributed by atoms with E-state index in [1.807, 2.05) is 12.1 Å². The van der Waals surface area contributed by atoms with Crippen molar-refractivity contribution in [1.82, 2.24) is 0 Å². The molecule has 0 aliphatic carbocycles. The lowest BCUT2D eigenvalue weighted by Crippen LogP contribution is -3.15. The molecule has 1 fully saturated rings. The van der Waals surface area contributed by atoms with E-state index >= 15 is 0 Å². The average molecular weight is 338 g/mol. The van der Waals surface area contributed by atoms with Gasteiger partial charge in [0.2, 0.25) is 0 Å². The summed E-state index contributed by atoms with van der Waals surface area (Å²) in [5, 5.41) is 3.08. The average Bonchev–Trinajstić information content (AvgIpc) is 2.60. The molecule has 0 unspecified atom stereocenters. The Morgan fingerprint density at radius 3 is 2.40 bits per heavy atom. The highest BCUT2D eigenvalue weighted by atomic mass is 16.2. The molecule has 0 spiro atoms. The summed E-state index contributed by atoms with van der Waals surface area (Å²) >= 11 is 0. The van der Waals surface area contributed by atoms with E-state index < -0.39 is 0 Å². The topological polar surface area (TPSA) is 36.8 Å². The number of anilines is 2. The Kier molecular flexibility index (Phi) is 5.39. The van der Waals surface area contributed by atoms with E-state index in [0.717, 1.165) is 37.4 Å². The normalized spacial score (nSPS) is 15.2. The number of benzene rings is 2. The molecule has 0 aromatic heterocycles. The number of nitrogens with one attached hydrogen (secondary N) is 2. The number of quaternary nitrogens is 1. The summed E-state index contributed by atoms with van der Waals surface area (Å²) in [6, 6.07) is 14.6. The first-order valence-electron chi connectivity index (χ1n) is 9.05. The molecular formula is C21H28N3O+. The highest BCUT2D eigenvalue weighted by Gasteiger charge is 2.23. The Hall–Kier alpha value is -2.33. The van der Waals surface area contributed by atoms with Gasteiger partial charge in [-0.15, -0.1) is 0 Å². The minimum Gasteiger partial charge on any atom is -0.360 e. The van der Waals surface area contributed by atoms with E-state index in [0.29, 0.717) is 6.54 Å². The van der Waals surface area contributed by atoms with Gasteiger partial charge < -0.3 is 15.1 Å². The summed E-state index contributed by atoms with van der Waals surface area (Å²) in [5.41, 5.74) is 5.93. The predicted octanol–water partition coefficient (Wildman–Crippen LogP) is 1.96. The number of para-hydroxylation sites is 1. The predicted molar refractivity (Wildman–Crippen MR) is 104 cm³/mol. The van der Waals surface area contributed by atoms with Gasteiger partial charge in [-0.25, -0.2) is 0 Å². The number of carbonyl (C=O) groups is 1. The molecule has 4 nitrogen and oxygen atoms in total. The Labute approximate surface area is 150 Å². The fourth-order valence-corrected chi connectivity index (χ4v) is 3.47. The number of hydrogen-bond donors (Lipinski definition) is 2. The molecule has 1 aliphatic rings. The van der Waals surface area contributed by atoms with E-state index in [1.165, 1.54) is 21.7 Å². The summed E-state index contributed by atoms with van der Waals surface area (Å²) in [6.45, 7) is 10.8. The van der Waals surface area contributed by atoms with Gasteiger partial charge >= 0.3 is 0 Å². The van der Waals surface area contributed by atoms with Gasteiger partial charge in [0.1, 0.15) is 0 Å². The van der Waals surface area contributed by atoms with Gasteiger partial charge in [-0.1, -0.05) is 30.3 Å². The maximum absolute atomic E-state index is 12.4. The van der Waals surface area contributed by atoms with E-state index in [9.17, 15) is 4.79 Å². The fourth-order valence-electron chi connectivity index (χ4n) is 3.47. The van der Waals surface area contributed by atoms with Gasteiger partial charge in [0.05, 0.1) is 26.2 Å². The molecule has 0 radical (unpaired) electrons. The van der Waals surface area contributed by atoms with Crippen LogP contribution in [0.25, 0.3) is 0 Å². The Balaban J connectivity index is 1.53. The van der Waals surface area contributed by atoms with Crippen LogP contribution in [0.3, 0.4) is 0 Å². The molecule has 1 heterocycles. The number of hydrogen-bond acceptors (Lipinski definition) is 2. The number of aryl methyl sites for hydroxylation is 2. The van der Waals surface area contributed by atoms with Crippen LogP contribution in [0.1, 0.15) is 16.7 Å². The van der Waals surface area contributed by atoms with E-state index in [4.69, 9.17) is 0 Å². The second-order valence-corrected chi connectivity index (χ2v) is 7.00. The summed E-state index contributed by atoms with van der Waals surface area (Å²) in [7, 11) is 0. The molecule has 0 bridgehead atoms. The maximum Gasteiger partial charge on any atom is 0.279 e. The van der Waals surface area contributed by atoms with Crippen molar-refractivity contribution in [3.63, 3.8) is 0 Å². The number of carbonyl (C=O) groups excluding carboxylic acids is 1. The van der Waals surface area contributed by atoms with Crippen LogP contribution in [-0.4, -0.2) is 38.6 Å². The quantitative estimate of drug-likeness (QED) is 0.894. The monoisotopic (exact) mass is 338 g/mol. The minimum atomic E-state index is 0.105. The lowest BCUT2D eigenvalue weighted by atomic mass is 10.1. The zero-order chi connectivity index (χ0) is 17.8. The fraction of sp³-hybridized carbons (Fsp3) is 0.381. The van der Waals surface area contributed by atoms with Gasteiger partial charge in [0, 0.05) is 11.4 Å². The summed E-state index contributed by atoms with van der Waals surface area (Å²) in [6.07, 6.45) is 0. The van der Waals surface area contributed by atoms with Crippen LogP contribution < -0.4 is 15.1 Å². The Morgan fingerprint density at radius 1 is 1.00 bits per heavy atom. The Morgan fingerprint density at radius 2 is 1.68 bits per heavy atom. The van der Waals surface area contributed by atoms with Crippen LogP contribution in [0.2, 0.25) is 0 Å². The van der Waals surface area contributed by atoms with Crippen LogP contribution >= 0.6 is 0 Å². The third-order valence-corrected chi connectivity index (χ3v) is 5.22. The molecular weight excluding hydrogens is 310 g/mol. The van der Waals surface area contributed by atoms with Gasteiger partial charge in [-0.3, -0.25) is 4.79 Å². The van der Waals surface area contributed by atoms with Crippen molar-refractivity contribution in [3.05, 3.63) is 59.2 Å². The molecule has 1 saturated heterocycles. The highest BCUT2D eigenvalue weighted by Crippen LogP contribution is 2.19. The van der Waals surface area contributed by atoms with Crippen molar-refractivity contribution in [1.29, 1.82) is 0 Å². The Bertz CT molecular complexity index is 749. The minimum absolute atomic E-state index is 0.105. The molecule has 4 heteroatoms. The lowest BCUT2D eigenvalue weighted by molar-refractivity contribution is -0.892. The summed E-state index contributed by atoms with van der Waals surface area (Å²) in [4.78, 5) is 16.2. The van der Waals surface area contributed by atoms with Crippen molar-refractivity contribution in [3.8, 4) is 0 Å². The van der Waals surface area contributed by atoms with E-state index in [-0.39, 0.29) is 5.91 Å². The van der Waals surface area contributed by atoms with Gasteiger partial charge in [-0.05, 0) is 49.6 Å². The zero-order valence-corrected chi connectivity index (χ0v) is 15.4. The van der Waals surface area contributed by atoms with Crippen LogP contribution in [0.4, 0.5) is 11.4 Å². The first-order chi connectivity index (χ1) is 12.0. The summed E-state index contributed by atoms with van der Waals surface area (Å²) < 4.78 is 0. The number of nitrogens with zero attached hydrogens (tertiary/aromatic N) is 1. The van der Waals surface area contributed by atoms with Gasteiger partial charge in [0.25, 0.3) is 5.91 Å². The summed E-state index contributed by atoms with van der Waals surface area (Å²) in [5.74, 6) is 0.105. The van der Waals surface area contributed by atoms with Crippen molar-refractivity contribution >= 4 is 17.3 Å². The van der Waals surface area contributed by atoms with Crippen LogP contribution in [-0.2, 0) is 4.79 Å². The third kappa shape index (κ3) is 4.20. The van der Waals surface area contributed by atoms with Gasteiger partial charge in [0.15, 0.2) is 6.54 Å². The first-order valence-corrected chi connectivity index (χ1v) is 9.05. The standard InChI is InChI=1S/C21H27N3O/c1-16-8-6-9-19(18(16)3)22-21(25)15-23-11-13-24(14-12-23)20-10-5-4-7-17(20)2/h4-10H,11-15H2,1-3H3,(H,22,25)/p+1. The lowest BCUT2D eigenvalue weighted by Gasteiger charge is -2.34. The van der Waals surface area contributed by atoms with Crippen molar-refractivity contribution in [2.24, 2.45) is 0 Å². The second-order valence-electron chi connectivity index (χ2n) is 7.00. The molecule has 0 atom stereocenters. The molecule has 0 saturated carbocycles. The smallest absolute Gasteiger partial charge is 0.279 e. The maximum atomic E-state index is 12.4. The van der Waals surface area contributed by atoms with Crippen LogP contribution in [0.15, 0.2) is 42.5 Å². The molecule has 2 N–H and O–H groups in total. The molecule has 2 aromatic rings. The highest BCUT2D eigenvalue weighted by molar-refractivity contribution is 5.92. The number of rotatable bonds is 4. The molecule has 1 aliphatic heterocycles. The molecule has 25 heavy (non-hydrogen) atoms. The second kappa shape index (κ2) is 7.70. The van der Waals surface area contributed by atoms with Crippen molar-refractivity contribution < 1.29 is 9.69 Å². The third-order valence-electron chi connectivity index (χ3n) is 5.22. The van der Waals surface area contributed by atoms with E-state index in [1.54, 1.807) is 0 Å². The molecule has 1 amide bonds. The largest absolute Gasteiger partial charge is 0.360 e. The first kappa shape index (κ1) is 17.5. The number of piperazine rings is 1. The van der Waals surface area contributed by atoms with Crippen LogP contribution in [0.5, 0.6) is 0 Å². The SMILES string of the molecule is Cc1ccccc1N1CC[NH+](CC(=O)Nc2cccc(C)c2C)CC1.